The second-order valence-electron chi connectivity index (χ2n) is 7.62. The van der Waals surface area contributed by atoms with Crippen LogP contribution in [0.15, 0.2) is 66.9 Å². The molecule has 0 saturated heterocycles. The Morgan fingerprint density at radius 1 is 1.06 bits per heavy atom. The highest BCUT2D eigenvalue weighted by atomic mass is 19.4. The first-order valence-electron chi connectivity index (χ1n) is 10.6. The van der Waals surface area contributed by atoms with Crippen LogP contribution in [0.4, 0.5) is 30.4 Å². The number of anilines is 3. The summed E-state index contributed by atoms with van der Waals surface area (Å²) in [5, 5.41) is 5.46. The molecule has 0 radical (unpaired) electrons. The Labute approximate surface area is 195 Å². The number of carbonyl (C=O) groups excluding carboxylic acids is 2. The van der Waals surface area contributed by atoms with Crippen molar-refractivity contribution in [3.05, 3.63) is 83.6 Å². The number of pyridine rings is 1. The SMILES string of the molecule is CC[C@H](C)c1ccccc1NC(=O)COC(=O)c1cccnc1Nc1cccc(C(F)(F)F)c1. The lowest BCUT2D eigenvalue weighted by molar-refractivity contribution is -0.137. The van der Waals surface area contributed by atoms with Gasteiger partial charge in [0.15, 0.2) is 6.61 Å². The number of hydrogen-bond acceptors (Lipinski definition) is 5. The molecule has 6 nitrogen and oxygen atoms in total. The normalized spacial score (nSPS) is 12.0. The Kier molecular flexibility index (Phi) is 7.88. The van der Waals surface area contributed by atoms with E-state index in [0.29, 0.717) is 5.69 Å². The highest BCUT2D eigenvalue weighted by molar-refractivity contribution is 5.98. The quantitative estimate of drug-likeness (QED) is 0.385. The molecule has 0 unspecified atom stereocenters. The van der Waals surface area contributed by atoms with Crippen LogP contribution >= 0.6 is 0 Å². The number of alkyl halides is 3. The van der Waals surface area contributed by atoms with E-state index in [0.717, 1.165) is 24.1 Å². The third kappa shape index (κ3) is 6.34. The molecule has 0 bridgehead atoms. The van der Waals surface area contributed by atoms with Crippen molar-refractivity contribution in [1.82, 2.24) is 4.98 Å². The van der Waals surface area contributed by atoms with Crippen molar-refractivity contribution >= 4 is 29.1 Å². The monoisotopic (exact) mass is 471 g/mol. The van der Waals surface area contributed by atoms with Crippen LogP contribution in [-0.4, -0.2) is 23.5 Å². The van der Waals surface area contributed by atoms with Gasteiger partial charge >= 0.3 is 12.1 Å². The van der Waals surface area contributed by atoms with Crippen LogP contribution in [0.2, 0.25) is 0 Å². The molecule has 178 valence electrons. The number of hydrogen-bond donors (Lipinski definition) is 2. The second-order valence-corrected chi connectivity index (χ2v) is 7.62. The van der Waals surface area contributed by atoms with Crippen LogP contribution in [0, 0.1) is 0 Å². The molecule has 0 aliphatic heterocycles. The van der Waals surface area contributed by atoms with Gasteiger partial charge in [0.25, 0.3) is 5.91 Å². The number of nitrogens with one attached hydrogen (secondary N) is 2. The van der Waals surface area contributed by atoms with Crippen molar-refractivity contribution < 1.29 is 27.5 Å². The molecule has 34 heavy (non-hydrogen) atoms. The second kappa shape index (κ2) is 10.8. The number of ether oxygens (including phenoxy) is 1. The van der Waals surface area contributed by atoms with Crippen molar-refractivity contribution in [2.24, 2.45) is 0 Å². The van der Waals surface area contributed by atoms with Gasteiger partial charge in [-0.2, -0.15) is 13.2 Å². The van der Waals surface area contributed by atoms with E-state index in [1.54, 1.807) is 12.1 Å². The number of carbonyl (C=O) groups is 2. The summed E-state index contributed by atoms with van der Waals surface area (Å²) >= 11 is 0. The summed E-state index contributed by atoms with van der Waals surface area (Å²) in [6.07, 6.45) is -2.24. The molecule has 2 N–H and O–H groups in total. The Balaban J connectivity index is 1.67. The van der Waals surface area contributed by atoms with Crippen molar-refractivity contribution in [1.29, 1.82) is 0 Å². The van der Waals surface area contributed by atoms with Gasteiger partial charge in [-0.1, -0.05) is 38.1 Å². The predicted octanol–water partition coefficient (Wildman–Crippen LogP) is 6.15. The number of esters is 1. The molecule has 1 atom stereocenters. The van der Waals surface area contributed by atoms with E-state index in [1.807, 2.05) is 26.0 Å². The Hall–Kier alpha value is -3.88. The van der Waals surface area contributed by atoms with E-state index < -0.39 is 30.2 Å². The molecular weight excluding hydrogens is 447 g/mol. The highest BCUT2D eigenvalue weighted by Crippen LogP contribution is 2.31. The standard InChI is InChI=1S/C25H24F3N3O3/c1-3-16(2)19-10-4-5-12-21(19)31-22(32)15-34-24(33)20-11-7-13-29-23(20)30-18-9-6-8-17(14-18)25(26,27)28/h4-14,16H,3,15H2,1-2H3,(H,29,30)(H,31,32)/t16-/m0/s1. The van der Waals surface area contributed by atoms with Gasteiger partial charge in [-0.15, -0.1) is 0 Å². The van der Waals surface area contributed by atoms with E-state index in [1.165, 1.54) is 30.5 Å². The maximum Gasteiger partial charge on any atom is 0.416 e. The summed E-state index contributed by atoms with van der Waals surface area (Å²) in [5.74, 6) is -1.11. The van der Waals surface area contributed by atoms with Crippen molar-refractivity contribution in [3.63, 3.8) is 0 Å². The maximum absolute atomic E-state index is 13.0. The number of benzene rings is 2. The fraction of sp³-hybridized carbons (Fsp3) is 0.240. The summed E-state index contributed by atoms with van der Waals surface area (Å²) in [6.45, 7) is 3.56. The largest absolute Gasteiger partial charge is 0.452 e. The topological polar surface area (TPSA) is 80.3 Å². The molecule has 1 aromatic heterocycles. The minimum atomic E-state index is -4.51. The molecule has 3 rings (SSSR count). The van der Waals surface area contributed by atoms with Crippen LogP contribution < -0.4 is 10.6 Å². The van der Waals surface area contributed by atoms with E-state index in [-0.39, 0.29) is 23.0 Å². The Morgan fingerprint density at radius 2 is 1.82 bits per heavy atom. The minimum Gasteiger partial charge on any atom is -0.452 e. The van der Waals surface area contributed by atoms with Gasteiger partial charge in [0.2, 0.25) is 0 Å². The van der Waals surface area contributed by atoms with Gasteiger partial charge < -0.3 is 15.4 Å². The molecule has 0 spiro atoms. The lowest BCUT2D eigenvalue weighted by Gasteiger charge is -2.16. The average molecular weight is 471 g/mol. The Bertz CT molecular complexity index is 1170. The van der Waals surface area contributed by atoms with Crippen LogP contribution in [0.3, 0.4) is 0 Å². The van der Waals surface area contributed by atoms with Crippen LogP contribution in [-0.2, 0) is 15.7 Å². The lowest BCUT2D eigenvalue weighted by atomic mass is 9.97. The van der Waals surface area contributed by atoms with Crippen molar-refractivity contribution in [3.8, 4) is 0 Å². The van der Waals surface area contributed by atoms with E-state index in [4.69, 9.17) is 4.74 Å². The average Bonchev–Trinajstić information content (AvgIpc) is 2.82. The third-order valence-electron chi connectivity index (χ3n) is 5.19. The fourth-order valence-electron chi connectivity index (χ4n) is 3.24. The smallest absolute Gasteiger partial charge is 0.416 e. The first-order valence-corrected chi connectivity index (χ1v) is 10.6. The number of amides is 1. The zero-order valence-corrected chi connectivity index (χ0v) is 18.6. The first-order chi connectivity index (χ1) is 16.2. The maximum atomic E-state index is 13.0. The summed E-state index contributed by atoms with van der Waals surface area (Å²) in [4.78, 5) is 29.0. The number of halogens is 3. The van der Waals surface area contributed by atoms with Gasteiger partial charge in [0.1, 0.15) is 11.4 Å². The molecule has 0 fully saturated rings. The third-order valence-corrected chi connectivity index (χ3v) is 5.19. The van der Waals surface area contributed by atoms with Crippen LogP contribution in [0.25, 0.3) is 0 Å². The molecule has 2 aromatic carbocycles. The zero-order chi connectivity index (χ0) is 24.7. The fourth-order valence-corrected chi connectivity index (χ4v) is 3.24. The number of nitrogens with zero attached hydrogens (tertiary/aromatic N) is 1. The lowest BCUT2D eigenvalue weighted by Crippen LogP contribution is -2.22. The van der Waals surface area contributed by atoms with Gasteiger partial charge in [-0.25, -0.2) is 9.78 Å². The molecule has 0 saturated carbocycles. The molecule has 0 aliphatic carbocycles. The van der Waals surface area contributed by atoms with E-state index in [2.05, 4.69) is 15.6 Å². The van der Waals surface area contributed by atoms with Crippen molar-refractivity contribution in [2.75, 3.05) is 17.2 Å². The van der Waals surface area contributed by atoms with Gasteiger partial charge in [0, 0.05) is 17.6 Å². The summed E-state index contributed by atoms with van der Waals surface area (Å²) in [5.41, 5.74) is 0.859. The van der Waals surface area contributed by atoms with Gasteiger partial charge in [0.05, 0.1) is 5.56 Å². The van der Waals surface area contributed by atoms with Crippen LogP contribution in [0.1, 0.15) is 47.7 Å². The molecule has 9 heteroatoms. The number of rotatable bonds is 8. The molecule has 3 aromatic rings. The number of aromatic nitrogens is 1. The molecule has 0 aliphatic rings. The number of para-hydroxylation sites is 1. The Morgan fingerprint density at radius 3 is 2.56 bits per heavy atom. The van der Waals surface area contributed by atoms with Gasteiger partial charge in [-0.05, 0) is 54.3 Å². The summed E-state index contributed by atoms with van der Waals surface area (Å²) < 4.78 is 44.1. The predicted molar refractivity (Wildman–Crippen MR) is 123 cm³/mol. The zero-order valence-electron chi connectivity index (χ0n) is 18.6. The first kappa shape index (κ1) is 24.8. The summed E-state index contributed by atoms with van der Waals surface area (Å²) in [6, 6.07) is 14.8. The van der Waals surface area contributed by atoms with Crippen LogP contribution in [0.5, 0.6) is 0 Å². The van der Waals surface area contributed by atoms with E-state index >= 15 is 0 Å². The van der Waals surface area contributed by atoms with Gasteiger partial charge in [-0.3, -0.25) is 4.79 Å². The van der Waals surface area contributed by atoms with E-state index in [9.17, 15) is 22.8 Å². The highest BCUT2D eigenvalue weighted by Gasteiger charge is 2.30. The minimum absolute atomic E-state index is 0.00866. The molecule has 1 amide bonds. The van der Waals surface area contributed by atoms with Crippen molar-refractivity contribution in [2.45, 2.75) is 32.4 Å². The summed E-state index contributed by atoms with van der Waals surface area (Å²) in [7, 11) is 0. The molecule has 1 heterocycles. The molecular formula is C25H24F3N3O3.